The Morgan fingerprint density at radius 2 is 2.11 bits per heavy atom. The maximum Gasteiger partial charge on any atom is 0.288 e. The number of carbonyl (C=O) groups excluding carboxylic acids is 1. The molecule has 1 aromatic carbocycles. The van der Waals surface area contributed by atoms with E-state index in [2.05, 4.69) is 5.32 Å². The molecule has 3 N–H and O–H groups in total. The first-order chi connectivity index (χ1) is 7.99. The molecule has 0 atom stereocenters. The van der Waals surface area contributed by atoms with Crippen molar-refractivity contribution in [1.29, 1.82) is 0 Å². The van der Waals surface area contributed by atoms with Crippen LogP contribution in [0.15, 0.2) is 29.2 Å². The molecule has 1 aromatic rings. The SMILES string of the molecule is Cl.NC1(C(=O)Nc2cccc(SC(F)F)c2)CC1. The van der Waals surface area contributed by atoms with Gasteiger partial charge in [0.05, 0.1) is 5.54 Å². The zero-order chi connectivity index (χ0) is 12.5. The second kappa shape index (κ2) is 5.86. The summed E-state index contributed by atoms with van der Waals surface area (Å²) >= 11 is 0.447. The first kappa shape index (κ1) is 15.2. The summed E-state index contributed by atoms with van der Waals surface area (Å²) in [5, 5.41) is 2.64. The molecule has 18 heavy (non-hydrogen) atoms. The minimum atomic E-state index is -2.47. The summed E-state index contributed by atoms with van der Waals surface area (Å²) < 4.78 is 24.3. The van der Waals surface area contributed by atoms with Crippen LogP contribution in [-0.4, -0.2) is 17.2 Å². The van der Waals surface area contributed by atoms with Gasteiger partial charge in [0.2, 0.25) is 5.91 Å². The Hall–Kier alpha value is -0.850. The summed E-state index contributed by atoms with van der Waals surface area (Å²) in [6, 6.07) is 6.36. The Balaban J connectivity index is 0.00000162. The van der Waals surface area contributed by atoms with Gasteiger partial charge in [-0.05, 0) is 31.0 Å². The number of alkyl halides is 2. The number of hydrogen-bond donors (Lipinski definition) is 2. The van der Waals surface area contributed by atoms with Crippen molar-refractivity contribution in [2.24, 2.45) is 5.73 Å². The molecule has 0 heterocycles. The van der Waals surface area contributed by atoms with E-state index in [1.165, 1.54) is 6.07 Å². The number of carbonyl (C=O) groups is 1. The monoisotopic (exact) mass is 294 g/mol. The number of nitrogens with one attached hydrogen (secondary N) is 1. The second-order valence-corrected chi connectivity index (χ2v) is 5.08. The smallest absolute Gasteiger partial charge is 0.288 e. The molecule has 0 unspecified atom stereocenters. The molecule has 0 saturated heterocycles. The van der Waals surface area contributed by atoms with Gasteiger partial charge < -0.3 is 11.1 Å². The maximum absolute atomic E-state index is 12.2. The van der Waals surface area contributed by atoms with Crippen molar-refractivity contribution in [3.05, 3.63) is 24.3 Å². The fourth-order valence-electron chi connectivity index (χ4n) is 1.37. The molecule has 1 aliphatic carbocycles. The molecular weight excluding hydrogens is 282 g/mol. The highest BCUT2D eigenvalue weighted by Crippen LogP contribution is 2.34. The van der Waals surface area contributed by atoms with Crippen LogP contribution in [0.5, 0.6) is 0 Å². The summed E-state index contributed by atoms with van der Waals surface area (Å²) in [7, 11) is 0. The standard InChI is InChI=1S/C11H12F2N2OS.ClH/c12-10(13)17-8-3-1-2-7(6-8)15-9(16)11(14)4-5-11;/h1-3,6,10H,4-5,14H2,(H,15,16);1H. The van der Waals surface area contributed by atoms with Crippen LogP contribution in [0, 0.1) is 0 Å². The van der Waals surface area contributed by atoms with Crippen molar-refractivity contribution in [3.8, 4) is 0 Å². The molecular formula is C11H13ClF2N2OS. The van der Waals surface area contributed by atoms with Gasteiger partial charge in [-0.2, -0.15) is 8.78 Å². The number of rotatable bonds is 4. The summed E-state index contributed by atoms with van der Waals surface area (Å²) in [5.74, 6) is -2.72. The first-order valence-corrected chi connectivity index (χ1v) is 6.03. The van der Waals surface area contributed by atoms with Crippen LogP contribution < -0.4 is 11.1 Å². The van der Waals surface area contributed by atoms with Crippen molar-refractivity contribution < 1.29 is 13.6 Å². The average molecular weight is 295 g/mol. The molecule has 1 aliphatic rings. The van der Waals surface area contributed by atoms with E-state index in [-0.39, 0.29) is 18.3 Å². The Kier molecular flexibility index (Phi) is 4.95. The van der Waals surface area contributed by atoms with E-state index in [1.807, 2.05) is 0 Å². The molecule has 2 rings (SSSR count). The number of halogens is 3. The number of amides is 1. The van der Waals surface area contributed by atoms with Gasteiger partial charge in [-0.1, -0.05) is 17.8 Å². The summed E-state index contributed by atoms with van der Waals surface area (Å²) in [4.78, 5) is 12.1. The fourth-order valence-corrected chi connectivity index (χ4v) is 1.93. The van der Waals surface area contributed by atoms with E-state index in [1.54, 1.807) is 18.2 Å². The summed E-state index contributed by atoms with van der Waals surface area (Å²) in [5.41, 5.74) is 5.46. The molecule has 100 valence electrons. The van der Waals surface area contributed by atoms with Crippen LogP contribution in [0.25, 0.3) is 0 Å². The van der Waals surface area contributed by atoms with Crippen LogP contribution in [0.2, 0.25) is 0 Å². The molecule has 3 nitrogen and oxygen atoms in total. The van der Waals surface area contributed by atoms with Gasteiger partial charge in [0.25, 0.3) is 5.76 Å². The van der Waals surface area contributed by atoms with Crippen LogP contribution in [0.3, 0.4) is 0 Å². The Morgan fingerprint density at radius 3 is 2.67 bits per heavy atom. The topological polar surface area (TPSA) is 55.1 Å². The number of benzene rings is 1. The number of hydrogen-bond acceptors (Lipinski definition) is 3. The zero-order valence-corrected chi connectivity index (χ0v) is 11.0. The van der Waals surface area contributed by atoms with Gasteiger partial charge in [0.1, 0.15) is 0 Å². The molecule has 0 bridgehead atoms. The van der Waals surface area contributed by atoms with Gasteiger partial charge in [0, 0.05) is 10.6 Å². The van der Waals surface area contributed by atoms with E-state index in [9.17, 15) is 13.6 Å². The molecule has 1 saturated carbocycles. The lowest BCUT2D eigenvalue weighted by Crippen LogP contribution is -2.37. The van der Waals surface area contributed by atoms with Crippen molar-refractivity contribution in [1.82, 2.24) is 0 Å². The predicted molar refractivity (Wildman–Crippen MR) is 70.3 cm³/mol. The minimum Gasteiger partial charge on any atom is -0.324 e. The maximum atomic E-state index is 12.2. The molecule has 1 amide bonds. The number of nitrogens with two attached hydrogens (primary N) is 1. The lowest BCUT2D eigenvalue weighted by molar-refractivity contribution is -0.118. The highest BCUT2D eigenvalue weighted by Gasteiger charge is 2.45. The number of anilines is 1. The highest BCUT2D eigenvalue weighted by molar-refractivity contribution is 7.99. The van der Waals surface area contributed by atoms with Crippen molar-refractivity contribution in [2.45, 2.75) is 29.0 Å². The van der Waals surface area contributed by atoms with E-state index in [0.29, 0.717) is 35.2 Å². The lowest BCUT2D eigenvalue weighted by atomic mass is 10.2. The quantitative estimate of drug-likeness (QED) is 0.840. The second-order valence-electron chi connectivity index (χ2n) is 4.02. The molecule has 0 radical (unpaired) electrons. The van der Waals surface area contributed by atoms with Crippen LogP contribution >= 0.6 is 24.2 Å². The molecule has 0 spiro atoms. The van der Waals surface area contributed by atoms with Crippen LogP contribution in [0.4, 0.5) is 14.5 Å². The fraction of sp³-hybridized carbons (Fsp3) is 0.364. The van der Waals surface area contributed by atoms with Crippen LogP contribution in [0.1, 0.15) is 12.8 Å². The van der Waals surface area contributed by atoms with Crippen molar-refractivity contribution in [2.75, 3.05) is 5.32 Å². The van der Waals surface area contributed by atoms with Gasteiger partial charge in [0.15, 0.2) is 0 Å². The third-order valence-corrected chi connectivity index (χ3v) is 3.26. The first-order valence-electron chi connectivity index (χ1n) is 5.15. The third-order valence-electron chi connectivity index (χ3n) is 2.56. The van der Waals surface area contributed by atoms with E-state index in [0.717, 1.165) is 0 Å². The molecule has 0 aromatic heterocycles. The Morgan fingerprint density at radius 1 is 1.44 bits per heavy atom. The van der Waals surface area contributed by atoms with E-state index < -0.39 is 11.3 Å². The summed E-state index contributed by atoms with van der Waals surface area (Å²) in [6.07, 6.45) is 1.34. The molecule has 1 fully saturated rings. The zero-order valence-electron chi connectivity index (χ0n) is 9.36. The van der Waals surface area contributed by atoms with Gasteiger partial charge in [-0.15, -0.1) is 12.4 Å². The Labute approximate surface area is 114 Å². The largest absolute Gasteiger partial charge is 0.324 e. The number of thioether (sulfide) groups is 1. The normalized spacial score (nSPS) is 16.0. The molecule has 0 aliphatic heterocycles. The van der Waals surface area contributed by atoms with Crippen molar-refractivity contribution in [3.63, 3.8) is 0 Å². The van der Waals surface area contributed by atoms with Gasteiger partial charge in [-0.3, -0.25) is 4.79 Å². The van der Waals surface area contributed by atoms with Gasteiger partial charge in [-0.25, -0.2) is 0 Å². The lowest BCUT2D eigenvalue weighted by Gasteiger charge is -2.10. The summed E-state index contributed by atoms with van der Waals surface area (Å²) in [6.45, 7) is 0. The predicted octanol–water partition coefficient (Wildman–Crippen LogP) is 2.85. The van der Waals surface area contributed by atoms with E-state index >= 15 is 0 Å². The Bertz CT molecular complexity index is 441. The van der Waals surface area contributed by atoms with E-state index in [4.69, 9.17) is 5.73 Å². The van der Waals surface area contributed by atoms with Crippen molar-refractivity contribution >= 4 is 35.8 Å². The average Bonchev–Trinajstić information content (AvgIpc) is 2.97. The highest BCUT2D eigenvalue weighted by atomic mass is 35.5. The minimum absolute atomic E-state index is 0. The third kappa shape index (κ3) is 3.83. The van der Waals surface area contributed by atoms with Crippen LogP contribution in [-0.2, 0) is 4.79 Å². The molecule has 7 heteroatoms. The van der Waals surface area contributed by atoms with Gasteiger partial charge >= 0.3 is 0 Å².